The average Bonchev–Trinajstić information content (AvgIpc) is 2.25. The lowest BCUT2D eigenvalue weighted by molar-refractivity contribution is -0.0591. The highest BCUT2D eigenvalue weighted by molar-refractivity contribution is 5.91. The van der Waals surface area contributed by atoms with Crippen molar-refractivity contribution in [3.63, 3.8) is 0 Å². The second kappa shape index (κ2) is 4.73. The van der Waals surface area contributed by atoms with Gasteiger partial charge < -0.3 is 0 Å². The fraction of sp³-hybridized carbons (Fsp3) is 0.364. The van der Waals surface area contributed by atoms with Crippen LogP contribution in [0, 0.1) is 11.3 Å². The predicted octanol–water partition coefficient (Wildman–Crippen LogP) is 1.41. The van der Waals surface area contributed by atoms with Crippen molar-refractivity contribution < 1.29 is 9.63 Å². The number of carbonyl (C=O) groups excluding carboxylic acids is 1. The van der Waals surface area contributed by atoms with Crippen molar-refractivity contribution in [3.8, 4) is 6.07 Å². The SMILES string of the molecule is CC(C)(C)ONC(=O)c1ccc(C#N)cn1. The molecule has 0 aliphatic rings. The third-order valence-electron chi connectivity index (χ3n) is 1.58. The van der Waals surface area contributed by atoms with Crippen LogP contribution in [-0.2, 0) is 4.84 Å². The van der Waals surface area contributed by atoms with Crippen molar-refractivity contribution in [2.24, 2.45) is 0 Å². The quantitative estimate of drug-likeness (QED) is 0.763. The Morgan fingerprint density at radius 3 is 2.62 bits per heavy atom. The molecule has 0 aromatic carbocycles. The van der Waals surface area contributed by atoms with E-state index < -0.39 is 11.5 Å². The summed E-state index contributed by atoms with van der Waals surface area (Å²) in [7, 11) is 0. The van der Waals surface area contributed by atoms with Gasteiger partial charge in [-0.05, 0) is 32.9 Å². The van der Waals surface area contributed by atoms with Gasteiger partial charge in [0.1, 0.15) is 11.8 Å². The summed E-state index contributed by atoms with van der Waals surface area (Å²) in [4.78, 5) is 20.4. The van der Waals surface area contributed by atoms with Gasteiger partial charge in [0.15, 0.2) is 0 Å². The smallest absolute Gasteiger partial charge is 0.268 e. The minimum atomic E-state index is -0.456. The number of hydroxylamine groups is 1. The molecule has 0 fully saturated rings. The van der Waals surface area contributed by atoms with Gasteiger partial charge in [0.2, 0.25) is 0 Å². The summed E-state index contributed by atoms with van der Waals surface area (Å²) in [5.74, 6) is -0.431. The standard InChI is InChI=1S/C11H13N3O2/c1-11(2,3)16-14-10(15)9-5-4-8(6-12)7-13-9/h4-5,7H,1-3H3,(H,14,15). The third-order valence-corrected chi connectivity index (χ3v) is 1.58. The molecule has 0 unspecified atom stereocenters. The zero-order valence-electron chi connectivity index (χ0n) is 9.44. The van der Waals surface area contributed by atoms with E-state index in [9.17, 15) is 4.79 Å². The average molecular weight is 219 g/mol. The molecule has 1 amide bonds. The zero-order chi connectivity index (χ0) is 12.2. The summed E-state index contributed by atoms with van der Waals surface area (Å²) in [5, 5.41) is 8.56. The molecule has 0 spiro atoms. The number of nitrogens with zero attached hydrogens (tertiary/aromatic N) is 2. The Labute approximate surface area is 94.0 Å². The van der Waals surface area contributed by atoms with Crippen LogP contribution in [0.4, 0.5) is 0 Å². The van der Waals surface area contributed by atoms with E-state index in [-0.39, 0.29) is 5.69 Å². The highest BCUT2D eigenvalue weighted by Crippen LogP contribution is 2.05. The molecular weight excluding hydrogens is 206 g/mol. The largest absolute Gasteiger partial charge is 0.293 e. The second-order valence-electron chi connectivity index (χ2n) is 4.19. The molecule has 0 radical (unpaired) electrons. The Morgan fingerprint density at radius 2 is 2.19 bits per heavy atom. The first kappa shape index (κ1) is 12.1. The van der Waals surface area contributed by atoms with Crippen LogP contribution in [0.15, 0.2) is 18.3 Å². The van der Waals surface area contributed by atoms with Crippen molar-refractivity contribution in [2.45, 2.75) is 26.4 Å². The van der Waals surface area contributed by atoms with Gasteiger partial charge in [-0.3, -0.25) is 9.63 Å². The van der Waals surface area contributed by atoms with Crippen molar-refractivity contribution in [2.75, 3.05) is 0 Å². The minimum Gasteiger partial charge on any atom is -0.268 e. The van der Waals surface area contributed by atoms with Gasteiger partial charge in [-0.1, -0.05) is 0 Å². The van der Waals surface area contributed by atoms with Crippen molar-refractivity contribution in [3.05, 3.63) is 29.6 Å². The number of nitrogens with one attached hydrogen (secondary N) is 1. The lowest BCUT2D eigenvalue weighted by atomic mass is 10.2. The van der Waals surface area contributed by atoms with Crippen LogP contribution < -0.4 is 5.48 Å². The Balaban J connectivity index is 2.64. The third kappa shape index (κ3) is 3.67. The Hall–Kier alpha value is -1.93. The maximum atomic E-state index is 11.5. The Morgan fingerprint density at radius 1 is 1.50 bits per heavy atom. The van der Waals surface area contributed by atoms with Gasteiger partial charge in [0, 0.05) is 6.20 Å². The highest BCUT2D eigenvalue weighted by atomic mass is 16.7. The number of carbonyl (C=O) groups is 1. The molecule has 5 heteroatoms. The van der Waals surface area contributed by atoms with Crippen LogP contribution in [0.1, 0.15) is 36.8 Å². The highest BCUT2D eigenvalue weighted by Gasteiger charge is 2.14. The molecule has 0 saturated heterocycles. The van der Waals surface area contributed by atoms with Crippen molar-refractivity contribution in [1.29, 1.82) is 5.26 Å². The maximum Gasteiger partial charge on any atom is 0.293 e. The molecule has 1 rings (SSSR count). The Kier molecular flexibility index (Phi) is 3.59. The van der Waals surface area contributed by atoms with E-state index in [2.05, 4.69) is 10.5 Å². The van der Waals surface area contributed by atoms with Gasteiger partial charge in [-0.15, -0.1) is 0 Å². The molecule has 1 aromatic heterocycles. The van der Waals surface area contributed by atoms with Crippen LogP contribution >= 0.6 is 0 Å². The van der Waals surface area contributed by atoms with Crippen LogP contribution in [0.5, 0.6) is 0 Å². The summed E-state index contributed by atoms with van der Waals surface area (Å²) in [5.41, 5.74) is 2.46. The van der Waals surface area contributed by atoms with E-state index in [0.29, 0.717) is 5.56 Å². The van der Waals surface area contributed by atoms with Gasteiger partial charge in [-0.2, -0.15) is 5.26 Å². The molecule has 0 aliphatic heterocycles. The number of rotatable bonds is 2. The molecule has 0 bridgehead atoms. The van der Waals surface area contributed by atoms with E-state index in [1.165, 1.54) is 18.3 Å². The molecule has 84 valence electrons. The van der Waals surface area contributed by atoms with E-state index in [0.717, 1.165) is 0 Å². The predicted molar refractivity (Wildman–Crippen MR) is 57.3 cm³/mol. The first-order valence-electron chi connectivity index (χ1n) is 4.77. The molecular formula is C11H13N3O2. The molecule has 1 N–H and O–H groups in total. The molecule has 1 aromatic rings. The normalized spacial score (nSPS) is 10.6. The number of pyridine rings is 1. The lowest BCUT2D eigenvalue weighted by Gasteiger charge is -2.18. The van der Waals surface area contributed by atoms with E-state index in [4.69, 9.17) is 10.1 Å². The summed E-state index contributed by atoms with van der Waals surface area (Å²) >= 11 is 0. The second-order valence-corrected chi connectivity index (χ2v) is 4.19. The Bertz CT molecular complexity index is 412. The number of hydrogen-bond acceptors (Lipinski definition) is 4. The van der Waals surface area contributed by atoms with Crippen molar-refractivity contribution >= 4 is 5.91 Å². The van der Waals surface area contributed by atoms with Crippen LogP contribution in [0.2, 0.25) is 0 Å². The zero-order valence-corrected chi connectivity index (χ0v) is 9.44. The lowest BCUT2D eigenvalue weighted by Crippen LogP contribution is -2.33. The monoisotopic (exact) mass is 219 g/mol. The molecule has 0 aliphatic carbocycles. The molecule has 5 nitrogen and oxygen atoms in total. The number of aromatic nitrogens is 1. The van der Waals surface area contributed by atoms with Crippen LogP contribution in [0.3, 0.4) is 0 Å². The minimum absolute atomic E-state index is 0.211. The molecule has 0 saturated carbocycles. The first-order valence-corrected chi connectivity index (χ1v) is 4.77. The summed E-state index contributed by atoms with van der Waals surface area (Å²) in [6, 6.07) is 4.92. The van der Waals surface area contributed by atoms with Gasteiger partial charge in [-0.25, -0.2) is 10.5 Å². The number of hydrogen-bond donors (Lipinski definition) is 1. The maximum absolute atomic E-state index is 11.5. The number of nitriles is 1. The topological polar surface area (TPSA) is 75.0 Å². The summed E-state index contributed by atoms with van der Waals surface area (Å²) in [6.45, 7) is 5.46. The van der Waals surface area contributed by atoms with E-state index in [1.807, 2.05) is 26.8 Å². The summed E-state index contributed by atoms with van der Waals surface area (Å²) in [6.07, 6.45) is 1.34. The van der Waals surface area contributed by atoms with Crippen LogP contribution in [0.25, 0.3) is 0 Å². The van der Waals surface area contributed by atoms with E-state index >= 15 is 0 Å². The fourth-order valence-corrected chi connectivity index (χ4v) is 0.846. The molecule has 16 heavy (non-hydrogen) atoms. The van der Waals surface area contributed by atoms with Crippen LogP contribution in [-0.4, -0.2) is 16.5 Å². The molecule has 1 heterocycles. The van der Waals surface area contributed by atoms with Gasteiger partial charge in [0.05, 0.1) is 11.2 Å². The summed E-state index contributed by atoms with van der Waals surface area (Å²) < 4.78 is 0. The molecule has 0 atom stereocenters. The fourth-order valence-electron chi connectivity index (χ4n) is 0.846. The van der Waals surface area contributed by atoms with Gasteiger partial charge in [0.25, 0.3) is 5.91 Å². The first-order chi connectivity index (χ1) is 7.42. The van der Waals surface area contributed by atoms with Crippen molar-refractivity contribution in [1.82, 2.24) is 10.5 Å². The van der Waals surface area contributed by atoms with E-state index in [1.54, 1.807) is 0 Å². The number of amides is 1. The van der Waals surface area contributed by atoms with Gasteiger partial charge >= 0.3 is 0 Å².